The summed E-state index contributed by atoms with van der Waals surface area (Å²) in [6, 6.07) is 7.67. The van der Waals surface area contributed by atoms with Crippen LogP contribution in [0.5, 0.6) is 0 Å². The highest BCUT2D eigenvalue weighted by atomic mass is 35.5. The van der Waals surface area contributed by atoms with Gasteiger partial charge in [0, 0.05) is 16.0 Å². The molecule has 4 unspecified atom stereocenters. The van der Waals surface area contributed by atoms with Crippen molar-refractivity contribution in [2.45, 2.75) is 118 Å². The average molecular weight is 611 g/mol. The Labute approximate surface area is 262 Å². The summed E-state index contributed by atoms with van der Waals surface area (Å²) >= 11 is 6.52. The van der Waals surface area contributed by atoms with E-state index in [0.29, 0.717) is 29.9 Å². The minimum Gasteiger partial charge on any atom is -0.481 e. The summed E-state index contributed by atoms with van der Waals surface area (Å²) in [4.78, 5) is 13.0. The first-order valence-electron chi connectivity index (χ1n) is 16.7. The third-order valence-electron chi connectivity index (χ3n) is 14.7. The van der Waals surface area contributed by atoms with Gasteiger partial charge >= 0.3 is 5.97 Å². The van der Waals surface area contributed by atoms with Gasteiger partial charge in [-0.3, -0.25) is 4.79 Å². The Balaban J connectivity index is 1.24. The average Bonchev–Trinajstić information content (AvgIpc) is 2.93. The predicted octanol–water partition coefficient (Wildman–Crippen LogP) is 8.59. The van der Waals surface area contributed by atoms with E-state index in [2.05, 4.69) is 47.6 Å². The monoisotopic (exact) mass is 610 g/mol. The number of hydrogen-bond acceptors (Lipinski definition) is 4. The zero-order chi connectivity index (χ0) is 30.8. The normalized spacial score (nSPS) is 50.2. The Morgan fingerprint density at radius 1 is 0.930 bits per heavy atom. The Bertz CT molecular complexity index is 1360. The molecular formula is C37H51ClO5. The third kappa shape index (κ3) is 3.96. The highest BCUT2D eigenvalue weighted by molar-refractivity contribution is 6.31. The first-order chi connectivity index (χ1) is 20.1. The van der Waals surface area contributed by atoms with Gasteiger partial charge in [-0.25, -0.2) is 0 Å². The van der Waals surface area contributed by atoms with E-state index in [1.807, 2.05) is 24.3 Å². The maximum absolute atomic E-state index is 13.0. The molecule has 1 saturated heterocycles. The maximum Gasteiger partial charge on any atom is 0.310 e. The van der Waals surface area contributed by atoms with Gasteiger partial charge in [-0.2, -0.15) is 0 Å². The van der Waals surface area contributed by atoms with Crippen LogP contribution >= 0.6 is 11.6 Å². The molecule has 5 nitrogen and oxygen atoms in total. The fourth-order valence-electron chi connectivity index (χ4n) is 12.2. The summed E-state index contributed by atoms with van der Waals surface area (Å²) in [6.45, 7) is 14.9. The van der Waals surface area contributed by atoms with Crippen LogP contribution in [0.15, 0.2) is 35.9 Å². The first kappa shape index (κ1) is 30.3. The van der Waals surface area contributed by atoms with E-state index in [1.165, 1.54) is 5.57 Å². The van der Waals surface area contributed by atoms with Gasteiger partial charge in [0.1, 0.15) is 0 Å². The van der Waals surface area contributed by atoms with Crippen LogP contribution in [0.4, 0.5) is 0 Å². The molecule has 6 heteroatoms. The van der Waals surface area contributed by atoms with E-state index < -0.39 is 23.8 Å². The maximum atomic E-state index is 13.0. The fourth-order valence-corrected chi connectivity index (χ4v) is 12.5. The lowest BCUT2D eigenvalue weighted by Crippen LogP contribution is -2.69. The number of fused-ring (bicyclic) bond motifs is 9. The Kier molecular flexibility index (Phi) is 6.73. The van der Waals surface area contributed by atoms with Gasteiger partial charge in [0.25, 0.3) is 0 Å². The van der Waals surface area contributed by atoms with Gasteiger partial charge in [-0.15, -0.1) is 0 Å². The Hall–Kier alpha value is -1.40. The number of aliphatic hydroxyl groups excluding tert-OH is 1. The molecule has 0 radical (unpaired) electrons. The molecule has 6 aliphatic rings. The van der Waals surface area contributed by atoms with Crippen molar-refractivity contribution >= 4 is 17.6 Å². The van der Waals surface area contributed by atoms with Crippen LogP contribution in [0, 0.1) is 50.2 Å². The molecule has 4 saturated carbocycles. The molecular weight excluding hydrogens is 560 g/mol. The van der Waals surface area contributed by atoms with Crippen molar-refractivity contribution in [3.63, 3.8) is 0 Å². The lowest BCUT2D eigenvalue weighted by Gasteiger charge is -2.72. The van der Waals surface area contributed by atoms with E-state index in [4.69, 9.17) is 21.1 Å². The first-order valence-corrected chi connectivity index (χ1v) is 17.1. The molecule has 0 spiro atoms. The summed E-state index contributed by atoms with van der Waals surface area (Å²) in [5.74, 6) is 0.278. The second-order valence-electron chi connectivity index (χ2n) is 17.2. The number of ether oxygens (including phenoxy) is 2. The number of allylic oxidation sites excluding steroid dienone is 2. The van der Waals surface area contributed by atoms with E-state index >= 15 is 0 Å². The Morgan fingerprint density at radius 3 is 2.37 bits per heavy atom. The summed E-state index contributed by atoms with van der Waals surface area (Å²) in [6.07, 6.45) is 9.30. The van der Waals surface area contributed by atoms with Crippen molar-refractivity contribution in [2.75, 3.05) is 6.61 Å². The number of carboxylic acids is 1. The standard InChI is InChI=1S/C37H51ClO5/c1-32(2)15-17-37(31(40)41)18-16-35(5)23(24(37)19-32)11-12-28-33(3)20-26(39)29-34(4,27(33)13-14-36(28,35)6)21-42-30(43-29)22-9-7-8-10-25(22)38/h7-11,24,26-30,39H,12-21H2,1-6H3,(H,40,41)/t24?,26-,27?,28?,29+,30?,33+,34+,35-,36-,37+/m1/s1. The molecule has 236 valence electrons. The number of aliphatic hydroxyl groups is 1. The molecule has 1 heterocycles. The SMILES string of the molecule is CC1(C)CC[C@]2(C(=O)O)CC[C@]3(C)C(=CCC4[C@@]5(C)C[C@@H](O)[C@@H]6OC(c7ccccc7Cl)OC[C@@]6(C)C5CC[C@]43C)C2C1. The van der Waals surface area contributed by atoms with Gasteiger partial charge in [-0.05, 0) is 103 Å². The molecule has 43 heavy (non-hydrogen) atoms. The van der Waals surface area contributed by atoms with E-state index in [0.717, 1.165) is 56.9 Å². The summed E-state index contributed by atoms with van der Waals surface area (Å²) in [7, 11) is 0. The predicted molar refractivity (Wildman–Crippen MR) is 167 cm³/mol. The van der Waals surface area contributed by atoms with Crippen LogP contribution in [-0.4, -0.2) is 35.0 Å². The summed E-state index contributed by atoms with van der Waals surface area (Å²) < 4.78 is 13.1. The van der Waals surface area contributed by atoms with Crippen molar-refractivity contribution in [2.24, 2.45) is 50.2 Å². The number of halogens is 1. The van der Waals surface area contributed by atoms with E-state index in [1.54, 1.807) is 0 Å². The van der Waals surface area contributed by atoms with Crippen molar-refractivity contribution in [3.8, 4) is 0 Å². The summed E-state index contributed by atoms with van der Waals surface area (Å²) in [5, 5.41) is 23.2. The molecule has 11 atom stereocenters. The molecule has 1 aliphatic heterocycles. The molecule has 0 amide bonds. The van der Waals surface area contributed by atoms with Gasteiger partial charge in [0.2, 0.25) is 0 Å². The van der Waals surface area contributed by atoms with Crippen LogP contribution < -0.4 is 0 Å². The molecule has 1 aromatic carbocycles. The van der Waals surface area contributed by atoms with Crippen molar-refractivity contribution in [1.29, 1.82) is 0 Å². The number of carbonyl (C=O) groups is 1. The Morgan fingerprint density at radius 2 is 1.65 bits per heavy atom. The van der Waals surface area contributed by atoms with Gasteiger partial charge in [-0.1, -0.05) is 83.0 Å². The smallest absolute Gasteiger partial charge is 0.310 e. The van der Waals surface area contributed by atoms with E-state index in [9.17, 15) is 15.0 Å². The number of aliphatic carboxylic acids is 1. The topological polar surface area (TPSA) is 76.0 Å². The number of benzene rings is 1. The van der Waals surface area contributed by atoms with Gasteiger partial charge in [0.05, 0.1) is 24.2 Å². The second kappa shape index (κ2) is 9.56. The number of hydrogen-bond donors (Lipinski definition) is 2. The van der Waals surface area contributed by atoms with Gasteiger partial charge in [0.15, 0.2) is 6.29 Å². The number of carboxylic acid groups (broad SMARTS) is 1. The van der Waals surface area contributed by atoms with Crippen LogP contribution in [0.3, 0.4) is 0 Å². The van der Waals surface area contributed by atoms with Crippen LogP contribution in [0.25, 0.3) is 0 Å². The molecule has 1 aromatic rings. The minimum absolute atomic E-state index is 0.0357. The van der Waals surface area contributed by atoms with Crippen molar-refractivity contribution < 1.29 is 24.5 Å². The van der Waals surface area contributed by atoms with Crippen LogP contribution in [-0.2, 0) is 14.3 Å². The highest BCUT2D eigenvalue weighted by Crippen LogP contribution is 2.76. The van der Waals surface area contributed by atoms with Crippen molar-refractivity contribution in [3.05, 3.63) is 46.5 Å². The quantitative estimate of drug-likeness (QED) is 0.328. The molecule has 0 bridgehead atoms. The molecule has 5 aliphatic carbocycles. The van der Waals surface area contributed by atoms with Gasteiger partial charge < -0.3 is 19.7 Å². The molecule has 5 fully saturated rings. The largest absolute Gasteiger partial charge is 0.481 e. The summed E-state index contributed by atoms with van der Waals surface area (Å²) in [5.41, 5.74) is 1.40. The molecule has 7 rings (SSSR count). The van der Waals surface area contributed by atoms with Crippen LogP contribution in [0.2, 0.25) is 5.02 Å². The lowest BCUT2D eigenvalue weighted by atomic mass is 9.33. The van der Waals surface area contributed by atoms with E-state index in [-0.39, 0.29) is 39.1 Å². The zero-order valence-electron chi connectivity index (χ0n) is 26.9. The zero-order valence-corrected chi connectivity index (χ0v) is 27.7. The molecule has 0 aromatic heterocycles. The highest BCUT2D eigenvalue weighted by Gasteiger charge is 2.71. The number of rotatable bonds is 2. The fraction of sp³-hybridized carbons (Fsp3) is 0.757. The third-order valence-corrected chi connectivity index (χ3v) is 15.1. The van der Waals surface area contributed by atoms with Crippen LogP contribution in [0.1, 0.15) is 111 Å². The lowest BCUT2D eigenvalue weighted by molar-refractivity contribution is -0.339. The minimum atomic E-state index is -0.623. The molecule has 2 N–H and O–H groups in total. The second-order valence-corrected chi connectivity index (χ2v) is 17.6. The van der Waals surface area contributed by atoms with Crippen molar-refractivity contribution in [1.82, 2.24) is 0 Å².